The lowest BCUT2D eigenvalue weighted by Gasteiger charge is -2.14. The highest BCUT2D eigenvalue weighted by Crippen LogP contribution is 2.19. The molecule has 0 atom stereocenters. The Balaban J connectivity index is 2.34. The van der Waals surface area contributed by atoms with E-state index in [1.54, 1.807) is 11.3 Å². The zero-order chi connectivity index (χ0) is 13.5. The standard InChI is InChI=1S/C13H22N2O2S/c1-5-17-12(16)6-7-15(4)8-11-9-18-13(14-11)10(2)3/h9-10H,5-8H2,1-4H3. The number of ether oxygens (including phenoxy) is 1. The van der Waals surface area contributed by atoms with Crippen LogP contribution in [0.5, 0.6) is 0 Å². The van der Waals surface area contributed by atoms with Gasteiger partial charge in [-0.15, -0.1) is 11.3 Å². The Hall–Kier alpha value is -0.940. The van der Waals surface area contributed by atoms with E-state index in [1.807, 2.05) is 14.0 Å². The fraction of sp³-hybridized carbons (Fsp3) is 0.692. The highest BCUT2D eigenvalue weighted by atomic mass is 32.1. The quantitative estimate of drug-likeness (QED) is 0.714. The second-order valence-electron chi connectivity index (χ2n) is 4.62. The van der Waals surface area contributed by atoms with Crippen molar-refractivity contribution in [3.8, 4) is 0 Å². The highest BCUT2D eigenvalue weighted by molar-refractivity contribution is 7.09. The minimum absolute atomic E-state index is 0.134. The molecule has 0 spiro atoms. The Labute approximate surface area is 113 Å². The summed E-state index contributed by atoms with van der Waals surface area (Å²) in [6.45, 7) is 8.05. The summed E-state index contributed by atoms with van der Waals surface area (Å²) in [4.78, 5) is 17.9. The molecule has 18 heavy (non-hydrogen) atoms. The monoisotopic (exact) mass is 270 g/mol. The smallest absolute Gasteiger partial charge is 0.307 e. The van der Waals surface area contributed by atoms with Crippen molar-refractivity contribution in [2.24, 2.45) is 0 Å². The van der Waals surface area contributed by atoms with Crippen LogP contribution in [0.1, 0.15) is 43.8 Å². The summed E-state index contributed by atoms with van der Waals surface area (Å²) in [6.07, 6.45) is 0.436. The molecule has 4 nitrogen and oxygen atoms in total. The maximum absolute atomic E-state index is 11.2. The van der Waals surface area contributed by atoms with Crippen LogP contribution in [0.4, 0.5) is 0 Å². The second-order valence-corrected chi connectivity index (χ2v) is 5.51. The van der Waals surface area contributed by atoms with E-state index in [2.05, 4.69) is 29.1 Å². The van der Waals surface area contributed by atoms with E-state index in [9.17, 15) is 4.79 Å². The number of carbonyl (C=O) groups excluding carboxylic acids is 1. The van der Waals surface area contributed by atoms with Crippen LogP contribution in [0, 0.1) is 0 Å². The van der Waals surface area contributed by atoms with E-state index in [1.165, 1.54) is 5.01 Å². The molecule has 102 valence electrons. The van der Waals surface area contributed by atoms with Gasteiger partial charge in [-0.25, -0.2) is 4.98 Å². The average molecular weight is 270 g/mol. The van der Waals surface area contributed by atoms with Crippen molar-refractivity contribution >= 4 is 17.3 Å². The molecule has 5 heteroatoms. The van der Waals surface area contributed by atoms with Crippen LogP contribution in [0.15, 0.2) is 5.38 Å². The van der Waals surface area contributed by atoms with Crippen molar-refractivity contribution in [1.82, 2.24) is 9.88 Å². The first-order chi connectivity index (χ1) is 8.52. The van der Waals surface area contributed by atoms with E-state index in [4.69, 9.17) is 4.74 Å². The lowest BCUT2D eigenvalue weighted by atomic mass is 10.2. The van der Waals surface area contributed by atoms with Gasteiger partial charge in [0.1, 0.15) is 0 Å². The molecule has 0 aromatic carbocycles. The first-order valence-electron chi connectivity index (χ1n) is 6.31. The lowest BCUT2D eigenvalue weighted by Crippen LogP contribution is -2.22. The normalized spacial score (nSPS) is 11.2. The van der Waals surface area contributed by atoms with Gasteiger partial charge in [-0.2, -0.15) is 0 Å². The molecule has 0 aliphatic carbocycles. The molecule has 0 fully saturated rings. The maximum Gasteiger partial charge on any atom is 0.307 e. The SMILES string of the molecule is CCOC(=O)CCN(C)Cc1csc(C(C)C)n1. The molecular weight excluding hydrogens is 248 g/mol. The van der Waals surface area contributed by atoms with E-state index in [0.717, 1.165) is 12.2 Å². The number of rotatable bonds is 7. The predicted octanol–water partition coefficient (Wildman–Crippen LogP) is 2.65. The van der Waals surface area contributed by atoms with E-state index >= 15 is 0 Å². The summed E-state index contributed by atoms with van der Waals surface area (Å²) in [6, 6.07) is 0. The number of nitrogens with zero attached hydrogens (tertiary/aromatic N) is 2. The summed E-state index contributed by atoms with van der Waals surface area (Å²) in [5.74, 6) is 0.346. The molecule has 0 bridgehead atoms. The summed E-state index contributed by atoms with van der Waals surface area (Å²) in [5, 5.41) is 3.26. The van der Waals surface area contributed by atoms with Gasteiger partial charge in [-0.05, 0) is 14.0 Å². The molecule has 0 radical (unpaired) electrons. The zero-order valence-corrected chi connectivity index (χ0v) is 12.4. The molecule has 1 aromatic heterocycles. The molecule has 1 rings (SSSR count). The summed E-state index contributed by atoms with van der Waals surface area (Å²) in [5.41, 5.74) is 1.08. The lowest BCUT2D eigenvalue weighted by molar-refractivity contribution is -0.143. The van der Waals surface area contributed by atoms with Gasteiger partial charge in [0.15, 0.2) is 0 Å². The van der Waals surface area contributed by atoms with Crippen LogP contribution in [-0.4, -0.2) is 36.1 Å². The van der Waals surface area contributed by atoms with Gasteiger partial charge in [0.2, 0.25) is 0 Å². The average Bonchev–Trinajstić information content (AvgIpc) is 2.75. The predicted molar refractivity (Wildman–Crippen MR) is 73.8 cm³/mol. The molecule has 0 N–H and O–H groups in total. The van der Waals surface area contributed by atoms with E-state index in [-0.39, 0.29) is 5.97 Å². The second kappa shape index (κ2) is 7.48. The third kappa shape index (κ3) is 5.14. The fourth-order valence-electron chi connectivity index (χ4n) is 1.53. The number of aromatic nitrogens is 1. The molecule has 0 aliphatic rings. The first-order valence-corrected chi connectivity index (χ1v) is 7.19. The van der Waals surface area contributed by atoms with Gasteiger partial charge in [-0.3, -0.25) is 9.69 Å². The maximum atomic E-state index is 11.2. The molecule has 0 saturated heterocycles. The van der Waals surface area contributed by atoms with Crippen LogP contribution in [-0.2, 0) is 16.1 Å². The molecule has 0 saturated carbocycles. The van der Waals surface area contributed by atoms with Gasteiger partial charge < -0.3 is 4.74 Å². The molecule has 1 aromatic rings. The van der Waals surface area contributed by atoms with E-state index in [0.29, 0.717) is 25.5 Å². The van der Waals surface area contributed by atoms with Gasteiger partial charge in [0.25, 0.3) is 0 Å². The highest BCUT2D eigenvalue weighted by Gasteiger charge is 2.09. The Kier molecular flexibility index (Phi) is 6.29. The Morgan fingerprint density at radius 1 is 1.56 bits per heavy atom. The number of hydrogen-bond acceptors (Lipinski definition) is 5. The Bertz CT molecular complexity index is 377. The Morgan fingerprint density at radius 2 is 2.28 bits per heavy atom. The third-order valence-electron chi connectivity index (χ3n) is 2.50. The third-order valence-corrected chi connectivity index (χ3v) is 3.69. The summed E-state index contributed by atoms with van der Waals surface area (Å²) < 4.78 is 4.90. The summed E-state index contributed by atoms with van der Waals surface area (Å²) in [7, 11) is 1.99. The zero-order valence-electron chi connectivity index (χ0n) is 11.6. The molecule has 0 unspecified atom stereocenters. The first kappa shape index (κ1) is 15.1. The van der Waals surface area contributed by atoms with Crippen molar-refractivity contribution in [1.29, 1.82) is 0 Å². The number of thiazole rings is 1. The van der Waals surface area contributed by atoms with Crippen molar-refractivity contribution in [2.45, 2.75) is 39.7 Å². The van der Waals surface area contributed by atoms with Gasteiger partial charge in [0.05, 0.1) is 23.7 Å². The van der Waals surface area contributed by atoms with Crippen LogP contribution < -0.4 is 0 Å². The van der Waals surface area contributed by atoms with Crippen LogP contribution >= 0.6 is 11.3 Å². The summed E-state index contributed by atoms with van der Waals surface area (Å²) >= 11 is 1.70. The number of esters is 1. The number of carbonyl (C=O) groups is 1. The molecule has 0 aliphatic heterocycles. The largest absolute Gasteiger partial charge is 0.466 e. The molecular formula is C13H22N2O2S. The minimum Gasteiger partial charge on any atom is -0.466 e. The molecule has 1 heterocycles. The van der Waals surface area contributed by atoms with Crippen molar-refractivity contribution in [3.05, 3.63) is 16.1 Å². The topological polar surface area (TPSA) is 42.4 Å². The number of hydrogen-bond donors (Lipinski definition) is 0. The van der Waals surface area contributed by atoms with Gasteiger partial charge >= 0.3 is 5.97 Å². The van der Waals surface area contributed by atoms with Crippen LogP contribution in [0.2, 0.25) is 0 Å². The van der Waals surface area contributed by atoms with Crippen LogP contribution in [0.25, 0.3) is 0 Å². The Morgan fingerprint density at radius 3 is 2.83 bits per heavy atom. The van der Waals surface area contributed by atoms with E-state index < -0.39 is 0 Å². The van der Waals surface area contributed by atoms with Gasteiger partial charge in [0, 0.05) is 24.4 Å². The minimum atomic E-state index is -0.134. The van der Waals surface area contributed by atoms with Crippen molar-refractivity contribution in [2.75, 3.05) is 20.2 Å². The molecule has 0 amide bonds. The van der Waals surface area contributed by atoms with Crippen molar-refractivity contribution < 1.29 is 9.53 Å². The van der Waals surface area contributed by atoms with Crippen LogP contribution in [0.3, 0.4) is 0 Å². The van der Waals surface area contributed by atoms with Crippen molar-refractivity contribution in [3.63, 3.8) is 0 Å². The fourth-order valence-corrected chi connectivity index (χ4v) is 2.36. The van der Waals surface area contributed by atoms with Gasteiger partial charge in [-0.1, -0.05) is 13.8 Å².